The second-order valence-electron chi connectivity index (χ2n) is 4.04. The van der Waals surface area contributed by atoms with E-state index in [-0.39, 0.29) is 0 Å². The fourth-order valence-electron chi connectivity index (χ4n) is 1.76. The number of rotatable bonds is 4. The molecular formula is C10H15BrN2S. The molecule has 0 unspecified atom stereocenters. The van der Waals surface area contributed by atoms with E-state index < -0.39 is 0 Å². The Labute approximate surface area is 97.2 Å². The molecule has 0 spiro atoms. The average Bonchev–Trinajstić information content (AvgIpc) is 2.87. The van der Waals surface area contributed by atoms with Gasteiger partial charge in [-0.25, -0.2) is 0 Å². The van der Waals surface area contributed by atoms with Gasteiger partial charge in [0.05, 0.1) is 3.79 Å². The molecule has 0 aliphatic heterocycles. The molecule has 78 valence electrons. The number of hydrogen-bond acceptors (Lipinski definition) is 3. The maximum absolute atomic E-state index is 5.78. The van der Waals surface area contributed by atoms with Crippen LogP contribution in [0.15, 0.2) is 15.2 Å². The molecule has 1 saturated carbocycles. The third-order valence-corrected chi connectivity index (χ3v) is 4.61. The van der Waals surface area contributed by atoms with Crippen molar-refractivity contribution in [1.82, 2.24) is 4.90 Å². The molecule has 0 amide bonds. The molecule has 1 aliphatic carbocycles. The summed E-state index contributed by atoms with van der Waals surface area (Å²) in [4.78, 5) is 2.39. The van der Waals surface area contributed by atoms with Gasteiger partial charge in [0.15, 0.2) is 0 Å². The Bertz CT molecular complexity index is 320. The minimum Gasteiger partial charge on any atom is -0.329 e. The SMILES string of the molecule is CN(Cc1csc(Br)c1)C1(CN)CC1. The van der Waals surface area contributed by atoms with Crippen molar-refractivity contribution in [3.05, 3.63) is 20.8 Å². The summed E-state index contributed by atoms with van der Waals surface area (Å²) in [6.45, 7) is 1.80. The molecule has 2 nitrogen and oxygen atoms in total. The molecule has 1 aromatic heterocycles. The number of hydrogen-bond donors (Lipinski definition) is 1. The van der Waals surface area contributed by atoms with Crippen molar-refractivity contribution in [3.8, 4) is 0 Å². The molecular weight excluding hydrogens is 260 g/mol. The summed E-state index contributed by atoms with van der Waals surface area (Å²) in [6.07, 6.45) is 2.51. The van der Waals surface area contributed by atoms with Crippen LogP contribution in [-0.4, -0.2) is 24.0 Å². The van der Waals surface area contributed by atoms with Crippen molar-refractivity contribution < 1.29 is 0 Å². The molecule has 1 aromatic rings. The topological polar surface area (TPSA) is 29.3 Å². The van der Waals surface area contributed by atoms with Gasteiger partial charge in [0, 0.05) is 18.6 Å². The Morgan fingerprint density at radius 2 is 2.36 bits per heavy atom. The number of thiophene rings is 1. The minimum absolute atomic E-state index is 0.314. The molecule has 0 saturated heterocycles. The third-order valence-electron chi connectivity index (χ3n) is 3.06. The lowest BCUT2D eigenvalue weighted by Crippen LogP contribution is -2.39. The van der Waals surface area contributed by atoms with Crippen LogP contribution < -0.4 is 5.73 Å². The molecule has 1 heterocycles. The summed E-state index contributed by atoms with van der Waals surface area (Å²) in [5.41, 5.74) is 7.47. The molecule has 14 heavy (non-hydrogen) atoms. The first kappa shape index (κ1) is 10.6. The molecule has 0 aromatic carbocycles. The quantitative estimate of drug-likeness (QED) is 0.914. The normalized spacial score (nSPS) is 18.9. The Morgan fingerprint density at radius 3 is 2.79 bits per heavy atom. The first-order valence-corrected chi connectivity index (χ1v) is 6.48. The maximum Gasteiger partial charge on any atom is 0.0701 e. The highest BCUT2D eigenvalue weighted by molar-refractivity contribution is 9.11. The Hall–Kier alpha value is 0.1000. The van der Waals surface area contributed by atoms with Gasteiger partial charge in [-0.3, -0.25) is 4.90 Å². The molecule has 2 N–H and O–H groups in total. The summed E-state index contributed by atoms with van der Waals surface area (Å²) in [6, 6.07) is 2.19. The first-order valence-electron chi connectivity index (χ1n) is 4.80. The summed E-state index contributed by atoms with van der Waals surface area (Å²) >= 11 is 5.22. The van der Waals surface area contributed by atoms with E-state index in [1.165, 1.54) is 22.2 Å². The van der Waals surface area contributed by atoms with E-state index in [4.69, 9.17) is 5.73 Å². The number of halogens is 1. The third kappa shape index (κ3) is 2.03. The van der Waals surface area contributed by atoms with E-state index in [2.05, 4.69) is 39.3 Å². The predicted molar refractivity (Wildman–Crippen MR) is 64.5 cm³/mol. The predicted octanol–water partition coefficient (Wildman–Crippen LogP) is 2.43. The van der Waals surface area contributed by atoms with Crippen molar-refractivity contribution in [2.75, 3.05) is 13.6 Å². The van der Waals surface area contributed by atoms with Gasteiger partial charge in [0.1, 0.15) is 0 Å². The van der Waals surface area contributed by atoms with Gasteiger partial charge >= 0.3 is 0 Å². The highest BCUT2D eigenvalue weighted by Gasteiger charge is 2.44. The van der Waals surface area contributed by atoms with Crippen LogP contribution in [-0.2, 0) is 6.54 Å². The van der Waals surface area contributed by atoms with Crippen molar-refractivity contribution in [2.24, 2.45) is 5.73 Å². The van der Waals surface area contributed by atoms with Gasteiger partial charge in [-0.05, 0) is 52.8 Å². The zero-order valence-corrected chi connectivity index (χ0v) is 10.7. The molecule has 2 rings (SSSR count). The van der Waals surface area contributed by atoms with Crippen molar-refractivity contribution in [2.45, 2.75) is 24.9 Å². The Kier molecular flexibility index (Phi) is 2.98. The molecule has 1 aliphatic rings. The second-order valence-corrected chi connectivity index (χ2v) is 6.33. The Balaban J connectivity index is 1.98. The van der Waals surface area contributed by atoms with Crippen LogP contribution in [0.25, 0.3) is 0 Å². The minimum atomic E-state index is 0.314. The van der Waals surface area contributed by atoms with Crippen molar-refractivity contribution in [3.63, 3.8) is 0 Å². The summed E-state index contributed by atoms with van der Waals surface area (Å²) < 4.78 is 1.21. The summed E-state index contributed by atoms with van der Waals surface area (Å²) in [5.74, 6) is 0. The fraction of sp³-hybridized carbons (Fsp3) is 0.600. The van der Waals surface area contributed by atoms with Gasteiger partial charge in [0.25, 0.3) is 0 Å². The molecule has 0 atom stereocenters. The molecule has 4 heteroatoms. The monoisotopic (exact) mass is 274 g/mol. The lowest BCUT2D eigenvalue weighted by Gasteiger charge is -2.26. The van der Waals surface area contributed by atoms with E-state index in [0.717, 1.165) is 13.1 Å². The summed E-state index contributed by atoms with van der Waals surface area (Å²) in [7, 11) is 2.17. The van der Waals surface area contributed by atoms with Crippen molar-refractivity contribution in [1.29, 1.82) is 0 Å². The van der Waals surface area contributed by atoms with Crippen LogP contribution in [0.4, 0.5) is 0 Å². The van der Waals surface area contributed by atoms with E-state index in [1.54, 1.807) is 11.3 Å². The largest absolute Gasteiger partial charge is 0.329 e. The van der Waals surface area contributed by atoms with Gasteiger partial charge < -0.3 is 5.73 Å². The van der Waals surface area contributed by atoms with E-state index in [0.29, 0.717) is 5.54 Å². The maximum atomic E-state index is 5.78. The lowest BCUT2D eigenvalue weighted by molar-refractivity contribution is 0.219. The van der Waals surface area contributed by atoms with Crippen LogP contribution in [0.2, 0.25) is 0 Å². The van der Waals surface area contributed by atoms with Gasteiger partial charge in [-0.2, -0.15) is 0 Å². The zero-order valence-electron chi connectivity index (χ0n) is 8.29. The van der Waals surface area contributed by atoms with Gasteiger partial charge in [-0.1, -0.05) is 0 Å². The number of nitrogens with two attached hydrogens (primary N) is 1. The first-order chi connectivity index (χ1) is 6.66. The van der Waals surface area contributed by atoms with Gasteiger partial charge in [-0.15, -0.1) is 11.3 Å². The van der Waals surface area contributed by atoms with E-state index >= 15 is 0 Å². The van der Waals surface area contributed by atoms with Crippen LogP contribution in [0.1, 0.15) is 18.4 Å². The van der Waals surface area contributed by atoms with Crippen molar-refractivity contribution >= 4 is 27.3 Å². The number of likely N-dealkylation sites (N-methyl/N-ethyl adjacent to an activating group) is 1. The van der Waals surface area contributed by atoms with Crippen LogP contribution in [0, 0.1) is 0 Å². The highest BCUT2D eigenvalue weighted by Crippen LogP contribution is 2.40. The van der Waals surface area contributed by atoms with Crippen LogP contribution >= 0.6 is 27.3 Å². The number of nitrogens with zero attached hydrogens (tertiary/aromatic N) is 1. The van der Waals surface area contributed by atoms with Gasteiger partial charge in [0.2, 0.25) is 0 Å². The lowest BCUT2D eigenvalue weighted by atomic mass is 10.2. The zero-order chi connectivity index (χ0) is 10.2. The van der Waals surface area contributed by atoms with E-state index in [9.17, 15) is 0 Å². The second kappa shape index (κ2) is 3.93. The standard InChI is InChI=1S/C10H15BrN2S/c1-13(10(7-12)2-3-10)5-8-4-9(11)14-6-8/h4,6H,2-3,5,7,12H2,1H3. The summed E-state index contributed by atoms with van der Waals surface area (Å²) in [5, 5.41) is 2.20. The van der Waals surface area contributed by atoms with E-state index in [1.807, 2.05) is 0 Å². The highest BCUT2D eigenvalue weighted by atomic mass is 79.9. The molecule has 1 fully saturated rings. The Morgan fingerprint density at radius 1 is 1.64 bits per heavy atom. The smallest absolute Gasteiger partial charge is 0.0701 e. The fourth-order valence-corrected chi connectivity index (χ4v) is 2.96. The molecule has 0 radical (unpaired) electrons. The van der Waals surface area contributed by atoms with Crippen LogP contribution in [0.3, 0.4) is 0 Å². The average molecular weight is 275 g/mol. The molecule has 0 bridgehead atoms. The van der Waals surface area contributed by atoms with Crippen LogP contribution in [0.5, 0.6) is 0 Å².